The first-order valence-corrected chi connectivity index (χ1v) is 8.51. The predicted octanol–water partition coefficient (Wildman–Crippen LogP) is 3.85. The molecule has 0 bridgehead atoms. The Balaban J connectivity index is 1.71. The Morgan fingerprint density at radius 2 is 2.30 bits per heavy atom. The zero-order valence-corrected chi connectivity index (χ0v) is 12.9. The van der Waals surface area contributed by atoms with Crippen LogP contribution in [0, 0.1) is 5.92 Å². The van der Waals surface area contributed by atoms with Crippen LogP contribution in [0.5, 0.6) is 0 Å². The van der Waals surface area contributed by atoms with Crippen molar-refractivity contribution in [2.24, 2.45) is 5.92 Å². The zero-order valence-electron chi connectivity index (χ0n) is 12.1. The van der Waals surface area contributed by atoms with Gasteiger partial charge in [0.2, 0.25) is 0 Å². The molecule has 1 aromatic carbocycles. The second-order valence-corrected chi connectivity index (χ2v) is 6.59. The van der Waals surface area contributed by atoms with E-state index in [-0.39, 0.29) is 0 Å². The summed E-state index contributed by atoms with van der Waals surface area (Å²) in [7, 11) is 0. The van der Waals surface area contributed by atoms with Gasteiger partial charge in [0.1, 0.15) is 0 Å². The van der Waals surface area contributed by atoms with Crippen molar-refractivity contribution >= 4 is 21.4 Å². The average Bonchev–Trinajstić information content (AvgIpc) is 3.10. The Morgan fingerprint density at radius 1 is 1.40 bits per heavy atom. The number of rotatable bonds is 6. The van der Waals surface area contributed by atoms with E-state index in [4.69, 9.17) is 4.74 Å². The van der Waals surface area contributed by atoms with Crippen molar-refractivity contribution in [2.45, 2.75) is 32.2 Å². The number of hydrogen-bond donors (Lipinski definition) is 1. The zero-order chi connectivity index (χ0) is 13.8. The lowest BCUT2D eigenvalue weighted by Crippen LogP contribution is -2.33. The second-order valence-electron chi connectivity index (χ2n) is 5.68. The number of fused-ring (bicyclic) bond motifs is 1. The van der Waals surface area contributed by atoms with Gasteiger partial charge in [-0.2, -0.15) is 0 Å². The summed E-state index contributed by atoms with van der Waals surface area (Å²) >= 11 is 1.86. The van der Waals surface area contributed by atoms with E-state index in [9.17, 15) is 0 Å². The highest BCUT2D eigenvalue weighted by Crippen LogP contribution is 2.28. The molecule has 1 aliphatic rings. The van der Waals surface area contributed by atoms with Crippen LogP contribution >= 0.6 is 11.3 Å². The summed E-state index contributed by atoms with van der Waals surface area (Å²) in [6.07, 6.45) is 3.60. The van der Waals surface area contributed by atoms with Gasteiger partial charge in [0.15, 0.2) is 0 Å². The topological polar surface area (TPSA) is 21.3 Å². The molecule has 1 fully saturated rings. The minimum absolute atomic E-state index is 0.574. The highest BCUT2D eigenvalue weighted by molar-refractivity contribution is 7.17. The molecule has 1 saturated heterocycles. The normalized spacial score (nSPS) is 20.6. The van der Waals surface area contributed by atoms with Crippen molar-refractivity contribution in [1.29, 1.82) is 0 Å². The summed E-state index contributed by atoms with van der Waals surface area (Å²) in [5, 5.41) is 7.43. The van der Waals surface area contributed by atoms with Crippen LogP contribution in [0.3, 0.4) is 0 Å². The van der Waals surface area contributed by atoms with E-state index in [0.717, 1.165) is 32.1 Å². The van der Waals surface area contributed by atoms with Crippen molar-refractivity contribution in [2.75, 3.05) is 19.8 Å². The summed E-state index contributed by atoms with van der Waals surface area (Å²) in [4.78, 5) is 0. The molecule has 0 aliphatic carbocycles. The van der Waals surface area contributed by atoms with Gasteiger partial charge in [-0.15, -0.1) is 11.3 Å². The molecule has 2 heterocycles. The van der Waals surface area contributed by atoms with Crippen molar-refractivity contribution < 1.29 is 4.74 Å². The van der Waals surface area contributed by atoms with Crippen molar-refractivity contribution in [3.05, 3.63) is 35.2 Å². The highest BCUT2D eigenvalue weighted by atomic mass is 32.1. The van der Waals surface area contributed by atoms with Crippen LogP contribution in [0.2, 0.25) is 0 Å². The first-order valence-electron chi connectivity index (χ1n) is 7.63. The second kappa shape index (κ2) is 6.70. The Labute approximate surface area is 125 Å². The van der Waals surface area contributed by atoms with Gasteiger partial charge in [-0.1, -0.05) is 25.1 Å². The Bertz CT molecular complexity index is 545. The maximum atomic E-state index is 5.52. The van der Waals surface area contributed by atoms with E-state index in [0.29, 0.717) is 6.04 Å². The van der Waals surface area contributed by atoms with Crippen molar-refractivity contribution in [1.82, 2.24) is 5.32 Å². The molecule has 2 unspecified atom stereocenters. The number of likely N-dealkylation sites (N-methyl/N-ethyl adjacent to an activating group) is 1. The molecular weight excluding hydrogens is 266 g/mol. The van der Waals surface area contributed by atoms with Crippen LogP contribution in [0.15, 0.2) is 29.6 Å². The molecule has 0 amide bonds. The van der Waals surface area contributed by atoms with Gasteiger partial charge >= 0.3 is 0 Å². The summed E-state index contributed by atoms with van der Waals surface area (Å²) in [6, 6.07) is 9.32. The van der Waals surface area contributed by atoms with Gasteiger partial charge in [0.05, 0.1) is 0 Å². The molecule has 20 heavy (non-hydrogen) atoms. The maximum Gasteiger partial charge on any atom is 0.0495 e. The first kappa shape index (κ1) is 14.1. The van der Waals surface area contributed by atoms with E-state index in [2.05, 4.69) is 41.9 Å². The molecule has 1 aromatic heterocycles. The minimum Gasteiger partial charge on any atom is -0.381 e. The van der Waals surface area contributed by atoms with Gasteiger partial charge < -0.3 is 10.1 Å². The molecule has 0 radical (unpaired) electrons. The molecule has 3 rings (SSSR count). The molecule has 1 N–H and O–H groups in total. The average molecular weight is 289 g/mol. The SMILES string of the molecule is CCNC(Cc1csc2ccccc12)CC1CCOC1. The Morgan fingerprint density at radius 3 is 3.10 bits per heavy atom. The quantitative estimate of drug-likeness (QED) is 0.872. The fourth-order valence-corrected chi connectivity index (χ4v) is 4.13. The number of nitrogens with one attached hydrogen (secondary N) is 1. The highest BCUT2D eigenvalue weighted by Gasteiger charge is 2.21. The van der Waals surface area contributed by atoms with Crippen LogP contribution in [-0.4, -0.2) is 25.8 Å². The molecule has 2 nitrogen and oxygen atoms in total. The van der Waals surface area contributed by atoms with Crippen LogP contribution in [-0.2, 0) is 11.2 Å². The van der Waals surface area contributed by atoms with Gasteiger partial charge in [-0.05, 0) is 54.1 Å². The van der Waals surface area contributed by atoms with Gasteiger partial charge in [0.25, 0.3) is 0 Å². The molecule has 1 aliphatic heterocycles. The third-order valence-corrected chi connectivity index (χ3v) is 5.17. The molecule has 2 atom stereocenters. The van der Waals surface area contributed by atoms with Gasteiger partial charge in [0, 0.05) is 24.0 Å². The third kappa shape index (κ3) is 3.22. The van der Waals surface area contributed by atoms with E-state index >= 15 is 0 Å². The lowest BCUT2D eigenvalue weighted by Gasteiger charge is -2.20. The van der Waals surface area contributed by atoms with E-state index in [1.807, 2.05) is 11.3 Å². The van der Waals surface area contributed by atoms with Gasteiger partial charge in [-0.25, -0.2) is 0 Å². The fourth-order valence-electron chi connectivity index (χ4n) is 3.16. The van der Waals surface area contributed by atoms with Crippen LogP contribution in [0.25, 0.3) is 10.1 Å². The molecule has 2 aromatic rings. The number of hydrogen-bond acceptors (Lipinski definition) is 3. The molecule has 0 saturated carbocycles. The van der Waals surface area contributed by atoms with E-state index in [1.54, 1.807) is 0 Å². The van der Waals surface area contributed by atoms with Crippen LogP contribution in [0.4, 0.5) is 0 Å². The van der Waals surface area contributed by atoms with Crippen molar-refractivity contribution in [3.63, 3.8) is 0 Å². The summed E-state index contributed by atoms with van der Waals surface area (Å²) in [5.41, 5.74) is 1.50. The molecule has 0 spiro atoms. The minimum atomic E-state index is 0.574. The molecular formula is C17H23NOS. The number of thiophene rings is 1. The Hall–Kier alpha value is -0.900. The van der Waals surface area contributed by atoms with E-state index < -0.39 is 0 Å². The maximum absolute atomic E-state index is 5.52. The van der Waals surface area contributed by atoms with Crippen LogP contribution < -0.4 is 5.32 Å². The Kier molecular flexibility index (Phi) is 4.71. The summed E-state index contributed by atoms with van der Waals surface area (Å²) in [6.45, 7) is 5.14. The molecule has 3 heteroatoms. The summed E-state index contributed by atoms with van der Waals surface area (Å²) < 4.78 is 6.92. The predicted molar refractivity (Wildman–Crippen MR) is 86.5 cm³/mol. The fraction of sp³-hybridized carbons (Fsp3) is 0.529. The largest absolute Gasteiger partial charge is 0.381 e. The van der Waals surface area contributed by atoms with Gasteiger partial charge in [-0.3, -0.25) is 0 Å². The first-order chi connectivity index (χ1) is 9.86. The number of ether oxygens (including phenoxy) is 1. The van der Waals surface area contributed by atoms with Crippen LogP contribution in [0.1, 0.15) is 25.3 Å². The van der Waals surface area contributed by atoms with E-state index in [1.165, 1.54) is 28.5 Å². The summed E-state index contributed by atoms with van der Waals surface area (Å²) in [5.74, 6) is 0.740. The lowest BCUT2D eigenvalue weighted by atomic mass is 9.94. The molecule has 108 valence electrons. The smallest absolute Gasteiger partial charge is 0.0495 e. The lowest BCUT2D eigenvalue weighted by molar-refractivity contribution is 0.181. The third-order valence-electron chi connectivity index (χ3n) is 4.16. The van der Waals surface area contributed by atoms with Crippen molar-refractivity contribution in [3.8, 4) is 0 Å². The monoisotopic (exact) mass is 289 g/mol. The standard InChI is InChI=1S/C17H23NOS/c1-2-18-15(9-13-7-8-19-11-13)10-14-12-20-17-6-4-3-5-16(14)17/h3-6,12-13,15,18H,2,7-11H2,1H3. The number of benzene rings is 1.